The van der Waals surface area contributed by atoms with Crippen LogP contribution in [-0.2, 0) is 14.8 Å². The van der Waals surface area contributed by atoms with E-state index in [2.05, 4.69) is 5.32 Å². The summed E-state index contributed by atoms with van der Waals surface area (Å²) in [7, 11) is -3.41. The molecular formula is C15H23ClN2O3S. The number of sulfonamides is 1. The van der Waals surface area contributed by atoms with Crippen LogP contribution >= 0.6 is 11.6 Å². The molecule has 0 spiro atoms. The lowest BCUT2D eigenvalue weighted by Crippen LogP contribution is -2.38. The fourth-order valence-corrected chi connectivity index (χ4v) is 3.29. The number of halogens is 1. The van der Waals surface area contributed by atoms with Gasteiger partial charge in [-0.05, 0) is 37.5 Å². The Kier molecular flexibility index (Phi) is 6.84. The summed E-state index contributed by atoms with van der Waals surface area (Å²) in [5.41, 5.74) is 2.38. The Morgan fingerprint density at radius 1 is 1.32 bits per heavy atom. The lowest BCUT2D eigenvalue weighted by atomic mass is 10.1. The molecule has 1 N–H and O–H groups in total. The van der Waals surface area contributed by atoms with E-state index in [0.717, 1.165) is 23.8 Å². The van der Waals surface area contributed by atoms with E-state index in [1.54, 1.807) is 6.07 Å². The fourth-order valence-electron chi connectivity index (χ4n) is 2.11. The summed E-state index contributed by atoms with van der Waals surface area (Å²) in [5, 5.41) is 3.16. The molecule has 22 heavy (non-hydrogen) atoms. The molecule has 1 amide bonds. The molecule has 0 aliphatic rings. The largest absolute Gasteiger partial charge is 0.323 e. The highest BCUT2D eigenvalue weighted by atomic mass is 35.5. The van der Waals surface area contributed by atoms with Crippen LogP contribution in [0.3, 0.4) is 0 Å². The summed E-state index contributed by atoms with van der Waals surface area (Å²) in [6.07, 6.45) is 2.68. The van der Waals surface area contributed by atoms with Crippen molar-refractivity contribution in [3.05, 3.63) is 28.3 Å². The Morgan fingerprint density at radius 3 is 2.45 bits per heavy atom. The van der Waals surface area contributed by atoms with Gasteiger partial charge in [-0.2, -0.15) is 4.31 Å². The SMILES string of the molecule is CCCCN(CC(=O)Nc1c(C)cc(C)cc1Cl)S(C)(=O)=O. The summed E-state index contributed by atoms with van der Waals surface area (Å²) in [6.45, 7) is 5.86. The zero-order chi connectivity index (χ0) is 16.9. The van der Waals surface area contributed by atoms with E-state index in [-0.39, 0.29) is 6.54 Å². The van der Waals surface area contributed by atoms with Crippen molar-refractivity contribution >= 4 is 33.2 Å². The third-order valence-electron chi connectivity index (χ3n) is 3.25. The van der Waals surface area contributed by atoms with Crippen molar-refractivity contribution in [2.45, 2.75) is 33.6 Å². The summed E-state index contributed by atoms with van der Waals surface area (Å²) < 4.78 is 24.6. The van der Waals surface area contributed by atoms with Crippen LogP contribution in [0, 0.1) is 13.8 Å². The van der Waals surface area contributed by atoms with E-state index >= 15 is 0 Å². The standard InChI is InChI=1S/C15H23ClN2O3S/c1-5-6-7-18(22(4,20)21)10-14(19)17-15-12(3)8-11(2)9-13(15)16/h8-9H,5-7,10H2,1-4H3,(H,17,19). The molecule has 0 atom stereocenters. The van der Waals surface area contributed by atoms with Crippen LogP contribution in [0.15, 0.2) is 12.1 Å². The maximum atomic E-state index is 12.1. The number of aryl methyl sites for hydroxylation is 2. The van der Waals surface area contributed by atoms with Crippen molar-refractivity contribution in [1.29, 1.82) is 0 Å². The normalized spacial score (nSPS) is 11.7. The lowest BCUT2D eigenvalue weighted by Gasteiger charge is -2.20. The van der Waals surface area contributed by atoms with Gasteiger partial charge in [0.1, 0.15) is 0 Å². The van der Waals surface area contributed by atoms with Gasteiger partial charge >= 0.3 is 0 Å². The van der Waals surface area contributed by atoms with Crippen LogP contribution in [0.4, 0.5) is 5.69 Å². The number of unbranched alkanes of at least 4 members (excludes halogenated alkanes) is 1. The van der Waals surface area contributed by atoms with Crippen LogP contribution in [-0.4, -0.2) is 38.0 Å². The number of nitrogens with one attached hydrogen (secondary N) is 1. The zero-order valence-electron chi connectivity index (χ0n) is 13.4. The maximum absolute atomic E-state index is 12.1. The number of anilines is 1. The summed E-state index contributed by atoms with van der Waals surface area (Å²) in [6, 6.07) is 3.67. The average molecular weight is 347 g/mol. The highest BCUT2D eigenvalue weighted by Gasteiger charge is 2.20. The molecule has 0 saturated heterocycles. The molecule has 124 valence electrons. The van der Waals surface area contributed by atoms with Crippen molar-refractivity contribution in [1.82, 2.24) is 4.31 Å². The van der Waals surface area contributed by atoms with Gasteiger partial charge in [0.2, 0.25) is 15.9 Å². The summed E-state index contributed by atoms with van der Waals surface area (Å²) >= 11 is 6.14. The highest BCUT2D eigenvalue weighted by molar-refractivity contribution is 7.88. The molecule has 1 rings (SSSR count). The molecule has 0 unspecified atom stereocenters. The van der Waals surface area contributed by atoms with Gasteiger partial charge in [0, 0.05) is 6.54 Å². The Hall–Kier alpha value is -1.11. The molecule has 0 heterocycles. The van der Waals surface area contributed by atoms with Crippen LogP contribution < -0.4 is 5.32 Å². The number of nitrogens with zero attached hydrogens (tertiary/aromatic N) is 1. The monoisotopic (exact) mass is 346 g/mol. The third kappa shape index (κ3) is 5.59. The van der Waals surface area contributed by atoms with Crippen molar-refractivity contribution in [2.75, 3.05) is 24.7 Å². The van der Waals surface area contributed by atoms with Crippen LogP contribution in [0.2, 0.25) is 5.02 Å². The topological polar surface area (TPSA) is 66.5 Å². The Bertz CT molecular complexity index is 621. The molecule has 0 bridgehead atoms. The number of rotatable bonds is 7. The quantitative estimate of drug-likeness (QED) is 0.825. The minimum atomic E-state index is -3.41. The van der Waals surface area contributed by atoms with E-state index in [1.807, 2.05) is 26.8 Å². The van der Waals surface area contributed by atoms with Gasteiger partial charge in [0.25, 0.3) is 0 Å². The molecule has 1 aromatic carbocycles. The van der Waals surface area contributed by atoms with E-state index < -0.39 is 15.9 Å². The summed E-state index contributed by atoms with van der Waals surface area (Å²) in [4.78, 5) is 12.1. The third-order valence-corrected chi connectivity index (χ3v) is 4.79. The fraction of sp³-hybridized carbons (Fsp3) is 0.533. The molecule has 5 nitrogen and oxygen atoms in total. The number of carbonyl (C=O) groups is 1. The number of hydrogen-bond donors (Lipinski definition) is 1. The van der Waals surface area contributed by atoms with Crippen molar-refractivity contribution in [3.63, 3.8) is 0 Å². The van der Waals surface area contributed by atoms with Crippen molar-refractivity contribution in [2.24, 2.45) is 0 Å². The summed E-state index contributed by atoms with van der Waals surface area (Å²) in [5.74, 6) is -0.393. The molecule has 0 aromatic heterocycles. The second kappa shape index (κ2) is 7.94. The van der Waals surface area contributed by atoms with E-state index in [4.69, 9.17) is 11.6 Å². The molecule has 0 fully saturated rings. The molecule has 1 aromatic rings. The first-order valence-electron chi connectivity index (χ1n) is 7.17. The first kappa shape index (κ1) is 18.9. The van der Waals surface area contributed by atoms with Gasteiger partial charge in [-0.25, -0.2) is 8.42 Å². The predicted molar refractivity (Wildman–Crippen MR) is 90.9 cm³/mol. The minimum absolute atomic E-state index is 0.206. The molecule has 0 aliphatic carbocycles. The van der Waals surface area contributed by atoms with Crippen LogP contribution in [0.5, 0.6) is 0 Å². The molecule has 0 aliphatic heterocycles. The van der Waals surface area contributed by atoms with E-state index in [9.17, 15) is 13.2 Å². The molecule has 0 radical (unpaired) electrons. The Balaban J connectivity index is 2.84. The molecule has 7 heteroatoms. The lowest BCUT2D eigenvalue weighted by molar-refractivity contribution is -0.116. The maximum Gasteiger partial charge on any atom is 0.239 e. The van der Waals surface area contributed by atoms with Crippen molar-refractivity contribution in [3.8, 4) is 0 Å². The van der Waals surface area contributed by atoms with Gasteiger partial charge in [-0.3, -0.25) is 4.79 Å². The van der Waals surface area contributed by atoms with Crippen LogP contribution in [0.1, 0.15) is 30.9 Å². The second-order valence-electron chi connectivity index (χ2n) is 5.44. The second-order valence-corrected chi connectivity index (χ2v) is 7.83. The average Bonchev–Trinajstić information content (AvgIpc) is 2.37. The van der Waals surface area contributed by atoms with Crippen molar-refractivity contribution < 1.29 is 13.2 Å². The number of hydrogen-bond acceptors (Lipinski definition) is 3. The number of carbonyl (C=O) groups excluding carboxylic acids is 1. The first-order chi connectivity index (χ1) is 10.1. The van der Waals surface area contributed by atoms with Gasteiger partial charge in [-0.15, -0.1) is 0 Å². The van der Waals surface area contributed by atoms with Gasteiger partial charge in [0.15, 0.2) is 0 Å². The highest BCUT2D eigenvalue weighted by Crippen LogP contribution is 2.27. The first-order valence-corrected chi connectivity index (χ1v) is 9.39. The smallest absolute Gasteiger partial charge is 0.239 e. The minimum Gasteiger partial charge on any atom is -0.323 e. The Labute approximate surface area is 137 Å². The van der Waals surface area contributed by atoms with Gasteiger partial charge in [0.05, 0.1) is 23.5 Å². The Morgan fingerprint density at radius 2 is 1.95 bits per heavy atom. The number of amides is 1. The van der Waals surface area contributed by atoms with E-state index in [1.165, 1.54) is 4.31 Å². The molecular weight excluding hydrogens is 324 g/mol. The van der Waals surface area contributed by atoms with Gasteiger partial charge in [-0.1, -0.05) is 31.0 Å². The van der Waals surface area contributed by atoms with E-state index in [0.29, 0.717) is 23.7 Å². The predicted octanol–water partition coefficient (Wildman–Crippen LogP) is 2.96. The van der Waals surface area contributed by atoms with Gasteiger partial charge < -0.3 is 5.32 Å². The van der Waals surface area contributed by atoms with Crippen LogP contribution in [0.25, 0.3) is 0 Å². The zero-order valence-corrected chi connectivity index (χ0v) is 15.0. The number of benzene rings is 1. The molecule has 0 saturated carbocycles.